The standard InChI is InChI=1S/C10H12BPS3/c1-8-4-9(6-10(11)5-8)7-15-12-13-2-3-14-12/h4-6H,2-3,7H2,1H3. The summed E-state index contributed by atoms with van der Waals surface area (Å²) >= 11 is 6.35. The Bertz CT molecular complexity index is 319. The predicted octanol–water partition coefficient (Wildman–Crippen LogP) is 3.73. The molecule has 1 aliphatic rings. The predicted molar refractivity (Wildman–Crippen MR) is 79.7 cm³/mol. The van der Waals surface area contributed by atoms with Crippen LogP contribution in [0, 0.1) is 6.92 Å². The third-order valence-electron chi connectivity index (χ3n) is 1.97. The molecule has 0 N–H and O–H groups in total. The highest BCUT2D eigenvalue weighted by Crippen LogP contribution is 2.74. The summed E-state index contributed by atoms with van der Waals surface area (Å²) < 4.78 is 0. The van der Waals surface area contributed by atoms with Crippen LogP contribution < -0.4 is 5.46 Å². The molecule has 0 amide bonds. The topological polar surface area (TPSA) is 0 Å². The fourth-order valence-corrected chi connectivity index (χ4v) is 12.3. The van der Waals surface area contributed by atoms with Crippen molar-refractivity contribution in [1.29, 1.82) is 0 Å². The fraction of sp³-hybridized carbons (Fsp3) is 0.400. The summed E-state index contributed by atoms with van der Waals surface area (Å²) in [6, 6.07) is 6.36. The summed E-state index contributed by atoms with van der Waals surface area (Å²) in [5.41, 5.74) is 3.65. The van der Waals surface area contributed by atoms with Crippen molar-refractivity contribution >= 4 is 53.0 Å². The van der Waals surface area contributed by atoms with E-state index in [9.17, 15) is 0 Å². The van der Waals surface area contributed by atoms with E-state index in [1.807, 2.05) is 6.07 Å². The van der Waals surface area contributed by atoms with Crippen molar-refractivity contribution in [3.63, 3.8) is 0 Å². The number of hydrogen-bond donors (Lipinski definition) is 0. The fourth-order valence-electron chi connectivity index (χ4n) is 1.44. The van der Waals surface area contributed by atoms with Crippen molar-refractivity contribution in [2.75, 3.05) is 11.5 Å². The maximum atomic E-state index is 5.83. The summed E-state index contributed by atoms with van der Waals surface area (Å²) in [4.78, 5) is 0. The van der Waals surface area contributed by atoms with Crippen molar-refractivity contribution < 1.29 is 0 Å². The monoisotopic (exact) mass is 270 g/mol. The van der Waals surface area contributed by atoms with E-state index in [2.05, 4.69) is 53.2 Å². The molecular weight excluding hydrogens is 258 g/mol. The second kappa shape index (κ2) is 5.91. The molecule has 2 radical (unpaired) electrons. The first-order valence-electron chi connectivity index (χ1n) is 4.79. The molecule has 2 rings (SSSR count). The van der Waals surface area contributed by atoms with Crippen LogP contribution in [0.2, 0.25) is 0 Å². The van der Waals surface area contributed by atoms with Gasteiger partial charge in [-0.2, -0.15) is 0 Å². The van der Waals surface area contributed by atoms with E-state index in [0.717, 1.165) is 11.2 Å². The van der Waals surface area contributed by atoms with E-state index in [0.29, 0.717) is 0 Å². The van der Waals surface area contributed by atoms with E-state index < -0.39 is 0 Å². The molecule has 0 aliphatic carbocycles. The molecule has 78 valence electrons. The average Bonchev–Trinajstić information content (AvgIpc) is 2.65. The normalized spacial score (nSPS) is 17.1. The van der Waals surface area contributed by atoms with Crippen LogP contribution >= 0.6 is 39.7 Å². The quantitative estimate of drug-likeness (QED) is 0.606. The van der Waals surface area contributed by atoms with Gasteiger partial charge in [0.1, 0.15) is 7.85 Å². The molecule has 0 nitrogen and oxygen atoms in total. The molecule has 1 heterocycles. The lowest BCUT2D eigenvalue weighted by molar-refractivity contribution is 1.38. The minimum absolute atomic E-state index is 0.121. The van der Waals surface area contributed by atoms with Gasteiger partial charge in [0.2, 0.25) is 0 Å². The SMILES string of the molecule is [B]c1cc(C)cc(CSP2SCCS2)c1. The summed E-state index contributed by atoms with van der Waals surface area (Å²) in [5, 5.41) is 0. The van der Waals surface area contributed by atoms with Crippen molar-refractivity contribution in [2.24, 2.45) is 0 Å². The van der Waals surface area contributed by atoms with Crippen molar-refractivity contribution in [2.45, 2.75) is 12.7 Å². The van der Waals surface area contributed by atoms with Gasteiger partial charge in [-0.05, 0) is 12.5 Å². The summed E-state index contributed by atoms with van der Waals surface area (Å²) in [5.74, 6) is 3.77. The zero-order valence-corrected chi connectivity index (χ0v) is 11.9. The maximum absolute atomic E-state index is 5.83. The summed E-state index contributed by atoms with van der Waals surface area (Å²) in [7, 11) is 5.83. The lowest BCUT2D eigenvalue weighted by Gasteiger charge is -2.08. The Morgan fingerprint density at radius 1 is 1.33 bits per heavy atom. The van der Waals surface area contributed by atoms with Crippen LogP contribution in [0.3, 0.4) is 0 Å². The Morgan fingerprint density at radius 3 is 2.73 bits per heavy atom. The highest BCUT2D eigenvalue weighted by Gasteiger charge is 2.16. The number of hydrogen-bond acceptors (Lipinski definition) is 3. The minimum atomic E-state index is 0.121. The van der Waals surface area contributed by atoms with Crippen molar-refractivity contribution in [1.82, 2.24) is 0 Å². The minimum Gasteiger partial charge on any atom is -0.111 e. The van der Waals surface area contributed by atoms with Crippen LogP contribution in [0.15, 0.2) is 18.2 Å². The number of rotatable bonds is 3. The van der Waals surface area contributed by atoms with Gasteiger partial charge >= 0.3 is 0 Å². The van der Waals surface area contributed by atoms with E-state index in [-0.39, 0.29) is 5.53 Å². The summed E-state index contributed by atoms with van der Waals surface area (Å²) in [6.07, 6.45) is 0. The van der Waals surface area contributed by atoms with Crippen molar-refractivity contribution in [3.8, 4) is 0 Å². The zero-order valence-electron chi connectivity index (χ0n) is 8.60. The first-order chi connectivity index (χ1) is 7.24. The van der Waals surface area contributed by atoms with Gasteiger partial charge in [-0.15, -0.1) is 34.1 Å². The van der Waals surface area contributed by atoms with E-state index >= 15 is 0 Å². The van der Waals surface area contributed by atoms with Gasteiger partial charge in [0.25, 0.3) is 0 Å². The number of benzene rings is 1. The van der Waals surface area contributed by atoms with Gasteiger partial charge < -0.3 is 0 Å². The van der Waals surface area contributed by atoms with Gasteiger partial charge in [-0.25, -0.2) is 0 Å². The molecule has 0 saturated carbocycles. The van der Waals surface area contributed by atoms with E-state index in [4.69, 9.17) is 7.85 Å². The molecule has 1 saturated heterocycles. The smallest absolute Gasteiger partial charge is 0.111 e. The van der Waals surface area contributed by atoms with E-state index in [1.54, 1.807) is 0 Å². The first kappa shape index (κ1) is 12.2. The molecule has 0 bridgehead atoms. The Balaban J connectivity index is 1.92. The van der Waals surface area contributed by atoms with Crippen LogP contribution in [0.5, 0.6) is 0 Å². The summed E-state index contributed by atoms with van der Waals surface area (Å²) in [6.45, 7) is 2.11. The second-order valence-electron chi connectivity index (χ2n) is 3.42. The molecule has 0 unspecified atom stereocenters. The maximum Gasteiger partial charge on any atom is 0.113 e. The largest absolute Gasteiger partial charge is 0.113 e. The average molecular weight is 270 g/mol. The number of aryl methyl sites for hydroxylation is 1. The third-order valence-corrected chi connectivity index (χ3v) is 13.2. The van der Waals surface area contributed by atoms with Crippen LogP contribution in [0.25, 0.3) is 0 Å². The third kappa shape index (κ3) is 3.92. The zero-order chi connectivity index (χ0) is 10.7. The molecular formula is C10H12BPS3. The van der Waals surface area contributed by atoms with Gasteiger partial charge in [0, 0.05) is 17.3 Å². The van der Waals surface area contributed by atoms with Crippen LogP contribution in [-0.2, 0) is 5.75 Å². The molecule has 0 spiro atoms. The lowest BCUT2D eigenvalue weighted by atomic mass is 9.93. The lowest BCUT2D eigenvalue weighted by Crippen LogP contribution is -2.03. The molecule has 15 heavy (non-hydrogen) atoms. The molecule has 1 fully saturated rings. The Hall–Kier alpha value is 0.765. The van der Waals surface area contributed by atoms with Gasteiger partial charge in [0.15, 0.2) is 0 Å². The van der Waals surface area contributed by atoms with Gasteiger partial charge in [-0.3, -0.25) is 0 Å². The first-order valence-corrected chi connectivity index (χ1v) is 10.9. The van der Waals surface area contributed by atoms with Crippen LogP contribution in [0.1, 0.15) is 11.1 Å². The van der Waals surface area contributed by atoms with E-state index in [1.165, 1.54) is 22.6 Å². The van der Waals surface area contributed by atoms with Crippen LogP contribution in [-0.4, -0.2) is 19.4 Å². The molecule has 0 atom stereocenters. The Labute approximate surface area is 106 Å². The molecule has 5 heteroatoms. The van der Waals surface area contributed by atoms with Crippen LogP contribution in [0.4, 0.5) is 0 Å². The molecule has 1 aromatic carbocycles. The molecule has 1 aromatic rings. The highest BCUT2D eigenvalue weighted by atomic mass is 33.4. The molecule has 0 aromatic heterocycles. The van der Waals surface area contributed by atoms with Crippen molar-refractivity contribution in [3.05, 3.63) is 29.3 Å². The molecule has 1 aliphatic heterocycles. The second-order valence-corrected chi connectivity index (χ2v) is 13.4. The van der Waals surface area contributed by atoms with Gasteiger partial charge in [0.05, 0.1) is 5.53 Å². The highest BCUT2D eigenvalue weighted by molar-refractivity contribution is 9.13. The van der Waals surface area contributed by atoms with Gasteiger partial charge in [-0.1, -0.05) is 29.2 Å². The Morgan fingerprint density at radius 2 is 2.07 bits per heavy atom. The Kier molecular flexibility index (Phi) is 4.81.